The number of anilines is 1. The molecule has 0 amide bonds. The highest BCUT2D eigenvalue weighted by molar-refractivity contribution is 5.64. The van der Waals surface area contributed by atoms with E-state index in [1.807, 2.05) is 6.07 Å². The minimum Gasteiger partial charge on any atom is -0.490 e. The molecule has 2 nitrogen and oxygen atoms in total. The SMILES string of the molecule is CC(C)c1cccc2c1NCCO2.[HH]. The smallest absolute Gasteiger partial charge is 0.142 e. The maximum Gasteiger partial charge on any atom is 0.142 e. The molecule has 2 rings (SSSR count). The van der Waals surface area contributed by atoms with Gasteiger partial charge in [-0.15, -0.1) is 0 Å². The van der Waals surface area contributed by atoms with Crippen LogP contribution in [0.15, 0.2) is 18.2 Å². The molecule has 1 N–H and O–H groups in total. The maximum atomic E-state index is 5.55. The van der Waals surface area contributed by atoms with E-state index in [4.69, 9.17) is 4.74 Å². The van der Waals surface area contributed by atoms with Crippen LogP contribution in [0.5, 0.6) is 5.75 Å². The highest BCUT2D eigenvalue weighted by Gasteiger charge is 2.14. The van der Waals surface area contributed by atoms with Crippen LogP contribution >= 0.6 is 0 Å². The van der Waals surface area contributed by atoms with Crippen LogP contribution in [0.1, 0.15) is 26.8 Å². The summed E-state index contributed by atoms with van der Waals surface area (Å²) in [6.45, 7) is 6.09. The van der Waals surface area contributed by atoms with Gasteiger partial charge in [0.2, 0.25) is 0 Å². The predicted molar refractivity (Wildman–Crippen MR) is 56.6 cm³/mol. The summed E-state index contributed by atoms with van der Waals surface area (Å²) in [6.07, 6.45) is 0. The number of para-hydroxylation sites is 1. The first-order chi connectivity index (χ1) is 6.29. The number of rotatable bonds is 1. The van der Waals surface area contributed by atoms with Gasteiger partial charge in [-0.3, -0.25) is 0 Å². The summed E-state index contributed by atoms with van der Waals surface area (Å²) < 4.78 is 5.55. The number of benzene rings is 1. The van der Waals surface area contributed by atoms with E-state index in [0.717, 1.165) is 18.9 Å². The molecule has 0 fully saturated rings. The Morgan fingerprint density at radius 3 is 3.08 bits per heavy atom. The molecular formula is C11H17NO. The van der Waals surface area contributed by atoms with Crippen molar-refractivity contribution >= 4 is 5.69 Å². The number of hydrogen-bond donors (Lipinski definition) is 1. The maximum absolute atomic E-state index is 5.55. The minimum atomic E-state index is 0. The number of fused-ring (bicyclic) bond motifs is 1. The third-order valence-corrected chi connectivity index (χ3v) is 2.34. The van der Waals surface area contributed by atoms with Crippen LogP contribution in [-0.4, -0.2) is 13.2 Å². The van der Waals surface area contributed by atoms with Gasteiger partial charge in [-0.1, -0.05) is 26.0 Å². The molecule has 1 aromatic rings. The predicted octanol–water partition coefficient (Wildman–Crippen LogP) is 2.86. The van der Waals surface area contributed by atoms with Crippen molar-refractivity contribution < 1.29 is 6.16 Å². The van der Waals surface area contributed by atoms with Crippen molar-refractivity contribution in [2.24, 2.45) is 0 Å². The lowest BCUT2D eigenvalue weighted by molar-refractivity contribution is 0.322. The molecule has 0 radical (unpaired) electrons. The second-order valence-corrected chi connectivity index (χ2v) is 3.65. The second-order valence-electron chi connectivity index (χ2n) is 3.65. The van der Waals surface area contributed by atoms with Crippen LogP contribution in [0.2, 0.25) is 0 Å². The second kappa shape index (κ2) is 3.29. The Hall–Kier alpha value is -1.18. The minimum absolute atomic E-state index is 0. The average Bonchev–Trinajstić information content (AvgIpc) is 2.17. The van der Waals surface area contributed by atoms with E-state index in [2.05, 4.69) is 31.3 Å². The van der Waals surface area contributed by atoms with E-state index in [1.165, 1.54) is 11.3 Å². The standard InChI is InChI=1S/C11H15NO.H2/c1-8(2)9-4-3-5-10-11(9)12-6-7-13-10;/h3-5,8,12H,6-7H2,1-2H3;1H. The molecule has 0 atom stereocenters. The molecule has 0 spiro atoms. The van der Waals surface area contributed by atoms with E-state index >= 15 is 0 Å². The Kier molecular flexibility index (Phi) is 2.13. The van der Waals surface area contributed by atoms with Gasteiger partial charge in [0.1, 0.15) is 12.4 Å². The van der Waals surface area contributed by atoms with E-state index < -0.39 is 0 Å². The number of nitrogens with one attached hydrogen (secondary N) is 1. The highest BCUT2D eigenvalue weighted by atomic mass is 16.5. The van der Waals surface area contributed by atoms with E-state index in [-0.39, 0.29) is 1.43 Å². The first kappa shape index (κ1) is 8.42. The first-order valence-electron chi connectivity index (χ1n) is 4.78. The fourth-order valence-corrected chi connectivity index (χ4v) is 1.68. The van der Waals surface area contributed by atoms with Crippen molar-refractivity contribution in [1.82, 2.24) is 0 Å². The summed E-state index contributed by atoms with van der Waals surface area (Å²) in [4.78, 5) is 0. The van der Waals surface area contributed by atoms with Crippen LogP contribution in [0, 0.1) is 0 Å². The summed E-state index contributed by atoms with van der Waals surface area (Å²) in [5, 5.41) is 3.39. The summed E-state index contributed by atoms with van der Waals surface area (Å²) >= 11 is 0. The summed E-state index contributed by atoms with van der Waals surface area (Å²) in [5.74, 6) is 1.54. The monoisotopic (exact) mass is 179 g/mol. The Balaban J connectivity index is 0.000000980. The molecule has 0 bridgehead atoms. The molecule has 13 heavy (non-hydrogen) atoms. The van der Waals surface area contributed by atoms with Gasteiger partial charge in [0.15, 0.2) is 0 Å². The third kappa shape index (κ3) is 1.48. The zero-order valence-corrected chi connectivity index (χ0v) is 8.13. The highest BCUT2D eigenvalue weighted by Crippen LogP contribution is 2.34. The lowest BCUT2D eigenvalue weighted by Crippen LogP contribution is -2.19. The van der Waals surface area contributed by atoms with Crippen molar-refractivity contribution in [3.8, 4) is 5.75 Å². The Morgan fingerprint density at radius 2 is 2.31 bits per heavy atom. The van der Waals surface area contributed by atoms with Gasteiger partial charge in [0.05, 0.1) is 5.69 Å². The molecule has 72 valence electrons. The average molecular weight is 179 g/mol. The van der Waals surface area contributed by atoms with Gasteiger partial charge in [-0.2, -0.15) is 0 Å². The zero-order valence-electron chi connectivity index (χ0n) is 8.13. The van der Waals surface area contributed by atoms with Gasteiger partial charge < -0.3 is 10.1 Å². The van der Waals surface area contributed by atoms with Crippen molar-refractivity contribution in [3.05, 3.63) is 23.8 Å². The molecule has 0 aromatic heterocycles. The molecule has 0 aliphatic carbocycles. The molecule has 0 saturated heterocycles. The molecule has 1 aliphatic rings. The first-order valence-corrected chi connectivity index (χ1v) is 4.78. The quantitative estimate of drug-likeness (QED) is 0.715. The zero-order chi connectivity index (χ0) is 9.26. The number of ether oxygens (including phenoxy) is 1. The molecule has 1 aromatic carbocycles. The van der Waals surface area contributed by atoms with E-state index in [1.54, 1.807) is 0 Å². The van der Waals surface area contributed by atoms with Crippen LogP contribution in [0.25, 0.3) is 0 Å². The normalized spacial score (nSPS) is 14.7. The van der Waals surface area contributed by atoms with Crippen molar-refractivity contribution in [1.29, 1.82) is 0 Å². The fraction of sp³-hybridized carbons (Fsp3) is 0.455. The van der Waals surface area contributed by atoms with Crippen LogP contribution < -0.4 is 10.1 Å². The van der Waals surface area contributed by atoms with Gasteiger partial charge in [-0.25, -0.2) is 0 Å². The molecule has 1 heterocycles. The van der Waals surface area contributed by atoms with Gasteiger partial charge in [0, 0.05) is 7.97 Å². The summed E-state index contributed by atoms with van der Waals surface area (Å²) in [6, 6.07) is 6.24. The van der Waals surface area contributed by atoms with Gasteiger partial charge in [-0.05, 0) is 17.5 Å². The third-order valence-electron chi connectivity index (χ3n) is 2.34. The largest absolute Gasteiger partial charge is 0.490 e. The molecular weight excluding hydrogens is 162 g/mol. The van der Waals surface area contributed by atoms with E-state index in [9.17, 15) is 0 Å². The topological polar surface area (TPSA) is 21.3 Å². The van der Waals surface area contributed by atoms with Gasteiger partial charge >= 0.3 is 0 Å². The van der Waals surface area contributed by atoms with Crippen LogP contribution in [0.3, 0.4) is 0 Å². The molecule has 2 heteroatoms. The lowest BCUT2D eigenvalue weighted by Gasteiger charge is -2.23. The molecule has 0 saturated carbocycles. The molecule has 1 aliphatic heterocycles. The van der Waals surface area contributed by atoms with Crippen LogP contribution in [0.4, 0.5) is 5.69 Å². The molecule has 0 unspecified atom stereocenters. The number of hydrogen-bond acceptors (Lipinski definition) is 2. The Bertz CT molecular complexity index is 312. The van der Waals surface area contributed by atoms with Crippen molar-refractivity contribution in [3.63, 3.8) is 0 Å². The van der Waals surface area contributed by atoms with Crippen molar-refractivity contribution in [2.45, 2.75) is 19.8 Å². The van der Waals surface area contributed by atoms with Crippen LogP contribution in [-0.2, 0) is 0 Å². The van der Waals surface area contributed by atoms with Crippen molar-refractivity contribution in [2.75, 3.05) is 18.5 Å². The summed E-state index contributed by atoms with van der Waals surface area (Å²) in [5.41, 5.74) is 2.53. The Labute approximate surface area is 80.4 Å². The lowest BCUT2D eigenvalue weighted by atomic mass is 10.00. The van der Waals surface area contributed by atoms with E-state index in [0.29, 0.717) is 5.92 Å². The van der Waals surface area contributed by atoms with Gasteiger partial charge in [0.25, 0.3) is 0 Å². The fourth-order valence-electron chi connectivity index (χ4n) is 1.68. The Morgan fingerprint density at radius 1 is 1.46 bits per heavy atom. The summed E-state index contributed by atoms with van der Waals surface area (Å²) in [7, 11) is 0.